The highest BCUT2D eigenvalue weighted by molar-refractivity contribution is 6.35. The number of nitrogens with zero attached hydrogens (tertiary/aromatic N) is 1. The number of rotatable bonds is 7. The van der Waals surface area contributed by atoms with Crippen LogP contribution in [-0.4, -0.2) is 30.0 Å². The molecule has 1 rings (SSSR count). The fraction of sp³-hybridized carbons (Fsp3) is 0.538. The summed E-state index contributed by atoms with van der Waals surface area (Å²) >= 11 is 11.7. The van der Waals surface area contributed by atoms with Gasteiger partial charge in [-0.15, -0.1) is 0 Å². The van der Waals surface area contributed by atoms with Crippen LogP contribution in [0.15, 0.2) is 12.3 Å². The SMILES string of the molecule is CC(C)C[C@H](N)C(=O)NCCNc1ncc(Cl)cc1Cl. The van der Waals surface area contributed by atoms with Crippen molar-refractivity contribution in [3.8, 4) is 0 Å². The molecular formula is C13H20Cl2N4O. The molecule has 0 bridgehead atoms. The summed E-state index contributed by atoms with van der Waals surface area (Å²) in [5, 5.41) is 6.71. The molecule has 0 aromatic carbocycles. The molecule has 0 aliphatic carbocycles. The number of amides is 1. The molecule has 0 aliphatic rings. The van der Waals surface area contributed by atoms with Crippen LogP contribution in [0.25, 0.3) is 0 Å². The minimum atomic E-state index is -0.466. The summed E-state index contributed by atoms with van der Waals surface area (Å²) in [5.41, 5.74) is 5.77. The average Bonchev–Trinajstić information content (AvgIpc) is 2.35. The molecular weight excluding hydrogens is 299 g/mol. The van der Waals surface area contributed by atoms with Crippen molar-refractivity contribution in [3.63, 3.8) is 0 Å². The van der Waals surface area contributed by atoms with Crippen molar-refractivity contribution < 1.29 is 4.79 Å². The van der Waals surface area contributed by atoms with Crippen LogP contribution in [0.2, 0.25) is 10.0 Å². The van der Waals surface area contributed by atoms with E-state index in [9.17, 15) is 4.79 Å². The second kappa shape index (κ2) is 8.29. The molecule has 5 nitrogen and oxygen atoms in total. The van der Waals surface area contributed by atoms with E-state index in [0.29, 0.717) is 41.3 Å². The van der Waals surface area contributed by atoms with E-state index in [2.05, 4.69) is 15.6 Å². The number of aromatic nitrogens is 1. The van der Waals surface area contributed by atoms with E-state index in [4.69, 9.17) is 28.9 Å². The average molecular weight is 319 g/mol. The molecule has 112 valence electrons. The molecule has 1 heterocycles. The lowest BCUT2D eigenvalue weighted by Gasteiger charge is -2.14. The Morgan fingerprint density at radius 1 is 1.40 bits per heavy atom. The van der Waals surface area contributed by atoms with Crippen molar-refractivity contribution in [2.45, 2.75) is 26.3 Å². The molecule has 0 saturated carbocycles. The highest BCUT2D eigenvalue weighted by atomic mass is 35.5. The lowest BCUT2D eigenvalue weighted by molar-refractivity contribution is -0.122. The number of nitrogens with one attached hydrogen (secondary N) is 2. The van der Waals surface area contributed by atoms with Crippen LogP contribution in [0, 0.1) is 5.92 Å². The molecule has 0 aliphatic heterocycles. The van der Waals surface area contributed by atoms with Crippen LogP contribution in [0.5, 0.6) is 0 Å². The smallest absolute Gasteiger partial charge is 0.236 e. The predicted molar refractivity (Wildman–Crippen MR) is 83.2 cm³/mol. The maximum absolute atomic E-state index is 11.7. The summed E-state index contributed by atoms with van der Waals surface area (Å²) in [4.78, 5) is 15.7. The molecule has 4 N–H and O–H groups in total. The zero-order chi connectivity index (χ0) is 15.1. The summed E-state index contributed by atoms with van der Waals surface area (Å²) in [6, 6.07) is 1.14. The maximum Gasteiger partial charge on any atom is 0.236 e. The monoisotopic (exact) mass is 318 g/mol. The van der Waals surface area contributed by atoms with E-state index in [1.54, 1.807) is 6.07 Å². The number of carbonyl (C=O) groups is 1. The van der Waals surface area contributed by atoms with Crippen LogP contribution in [-0.2, 0) is 4.79 Å². The second-order valence-corrected chi connectivity index (χ2v) is 5.78. The molecule has 0 saturated heterocycles. The van der Waals surface area contributed by atoms with Gasteiger partial charge in [0.05, 0.1) is 16.1 Å². The van der Waals surface area contributed by atoms with Crippen LogP contribution < -0.4 is 16.4 Å². The first-order valence-electron chi connectivity index (χ1n) is 6.48. The molecule has 1 aromatic rings. The maximum atomic E-state index is 11.7. The van der Waals surface area contributed by atoms with E-state index in [1.165, 1.54) is 6.20 Å². The van der Waals surface area contributed by atoms with Crippen LogP contribution >= 0.6 is 23.2 Å². The van der Waals surface area contributed by atoms with Crippen molar-refractivity contribution in [1.82, 2.24) is 10.3 Å². The Morgan fingerprint density at radius 2 is 2.10 bits per heavy atom. The van der Waals surface area contributed by atoms with Gasteiger partial charge in [0.15, 0.2) is 0 Å². The lowest BCUT2D eigenvalue weighted by Crippen LogP contribution is -2.42. The zero-order valence-corrected chi connectivity index (χ0v) is 13.1. The van der Waals surface area contributed by atoms with Crippen LogP contribution in [0.4, 0.5) is 5.82 Å². The van der Waals surface area contributed by atoms with E-state index >= 15 is 0 Å². The molecule has 0 unspecified atom stereocenters. The van der Waals surface area contributed by atoms with Gasteiger partial charge in [-0.2, -0.15) is 0 Å². The Kier molecular flexibility index (Phi) is 7.05. The topological polar surface area (TPSA) is 80.0 Å². The highest BCUT2D eigenvalue weighted by Crippen LogP contribution is 2.21. The van der Waals surface area contributed by atoms with Gasteiger partial charge >= 0.3 is 0 Å². The minimum Gasteiger partial charge on any atom is -0.367 e. The Morgan fingerprint density at radius 3 is 2.70 bits per heavy atom. The number of nitrogens with two attached hydrogens (primary N) is 1. The first-order valence-corrected chi connectivity index (χ1v) is 7.24. The third-order valence-corrected chi connectivity index (χ3v) is 3.08. The van der Waals surface area contributed by atoms with Gasteiger partial charge in [0.25, 0.3) is 0 Å². The molecule has 1 amide bonds. The van der Waals surface area contributed by atoms with Gasteiger partial charge < -0.3 is 16.4 Å². The number of anilines is 1. The summed E-state index contributed by atoms with van der Waals surface area (Å²) in [7, 11) is 0. The lowest BCUT2D eigenvalue weighted by atomic mass is 10.0. The van der Waals surface area contributed by atoms with Gasteiger partial charge in [0.1, 0.15) is 5.82 Å². The van der Waals surface area contributed by atoms with E-state index in [-0.39, 0.29) is 5.91 Å². The Labute approximate surface area is 129 Å². The zero-order valence-electron chi connectivity index (χ0n) is 11.6. The first-order chi connectivity index (χ1) is 9.40. The third-order valence-electron chi connectivity index (χ3n) is 2.59. The standard InChI is InChI=1S/C13H20Cl2N4O/c1-8(2)5-11(16)13(20)18-4-3-17-12-10(15)6-9(14)7-19-12/h6-8,11H,3-5,16H2,1-2H3,(H,17,19)(H,18,20)/t11-/m0/s1. The molecule has 0 radical (unpaired) electrons. The van der Waals surface area contributed by atoms with E-state index < -0.39 is 6.04 Å². The summed E-state index contributed by atoms with van der Waals surface area (Å²) in [5.74, 6) is 0.790. The highest BCUT2D eigenvalue weighted by Gasteiger charge is 2.14. The third kappa shape index (κ3) is 5.94. The van der Waals surface area contributed by atoms with Crippen molar-refractivity contribution in [3.05, 3.63) is 22.3 Å². The molecule has 7 heteroatoms. The van der Waals surface area contributed by atoms with E-state index in [1.807, 2.05) is 13.8 Å². The van der Waals surface area contributed by atoms with Gasteiger partial charge in [0.2, 0.25) is 5.91 Å². The van der Waals surface area contributed by atoms with Crippen LogP contribution in [0.1, 0.15) is 20.3 Å². The number of hydrogen-bond acceptors (Lipinski definition) is 4. The van der Waals surface area contributed by atoms with Crippen molar-refractivity contribution in [2.24, 2.45) is 11.7 Å². The van der Waals surface area contributed by atoms with E-state index in [0.717, 1.165) is 0 Å². The van der Waals surface area contributed by atoms with Gasteiger partial charge in [-0.3, -0.25) is 4.79 Å². The fourth-order valence-electron chi connectivity index (χ4n) is 1.66. The summed E-state index contributed by atoms with van der Waals surface area (Å²) in [6.45, 7) is 5.02. The van der Waals surface area contributed by atoms with Crippen molar-refractivity contribution in [1.29, 1.82) is 0 Å². The fourth-order valence-corrected chi connectivity index (χ4v) is 2.10. The summed E-state index contributed by atoms with van der Waals surface area (Å²) in [6.07, 6.45) is 2.18. The number of hydrogen-bond donors (Lipinski definition) is 3. The van der Waals surface area contributed by atoms with Gasteiger partial charge in [0, 0.05) is 19.3 Å². The predicted octanol–water partition coefficient (Wildman–Crippen LogP) is 2.29. The quantitative estimate of drug-likeness (QED) is 0.674. The first kappa shape index (κ1) is 17.0. The largest absolute Gasteiger partial charge is 0.367 e. The molecule has 1 atom stereocenters. The summed E-state index contributed by atoms with van der Waals surface area (Å²) < 4.78 is 0. The normalized spacial score (nSPS) is 12.3. The van der Waals surface area contributed by atoms with Gasteiger partial charge in [-0.25, -0.2) is 4.98 Å². The minimum absolute atomic E-state index is 0.143. The second-order valence-electron chi connectivity index (χ2n) is 4.94. The molecule has 0 fully saturated rings. The number of pyridine rings is 1. The van der Waals surface area contributed by atoms with Crippen molar-refractivity contribution >= 4 is 34.9 Å². The molecule has 20 heavy (non-hydrogen) atoms. The number of halogens is 2. The Bertz CT molecular complexity index is 454. The molecule has 0 spiro atoms. The number of carbonyl (C=O) groups excluding carboxylic acids is 1. The Hall–Kier alpha value is -1.04. The van der Waals surface area contributed by atoms with Crippen molar-refractivity contribution in [2.75, 3.05) is 18.4 Å². The Balaban J connectivity index is 2.29. The molecule has 1 aromatic heterocycles. The van der Waals surface area contributed by atoms with Gasteiger partial charge in [-0.05, 0) is 18.4 Å². The van der Waals surface area contributed by atoms with Gasteiger partial charge in [-0.1, -0.05) is 37.0 Å². The van der Waals surface area contributed by atoms with Crippen LogP contribution in [0.3, 0.4) is 0 Å².